The number of piperidine rings is 1. The monoisotopic (exact) mass is 475 g/mol. The lowest BCUT2D eigenvalue weighted by Gasteiger charge is -2.34. The molecule has 1 amide bonds. The lowest BCUT2D eigenvalue weighted by atomic mass is 9.80. The number of amides is 1. The minimum absolute atomic E-state index is 0.0653. The number of aromatic nitrogens is 4. The molecule has 0 aliphatic carbocycles. The number of Topliss-reactive ketones (excluding diaryl/α,β-unsaturated/α-hetero) is 1. The molecular formula is C25H25N5O5. The van der Waals surface area contributed by atoms with E-state index in [9.17, 15) is 9.59 Å². The van der Waals surface area contributed by atoms with Gasteiger partial charge in [-0.3, -0.25) is 9.59 Å². The SMILES string of the molecule is COc1ncc(OC)c2c(C(=O)C(=O)N3CCC(C(c4ccccc4)c4nnco4)CC3)c[nH]c12. The van der Waals surface area contributed by atoms with Crippen molar-refractivity contribution in [2.24, 2.45) is 5.92 Å². The van der Waals surface area contributed by atoms with Gasteiger partial charge in [-0.25, -0.2) is 4.98 Å². The molecule has 4 heterocycles. The summed E-state index contributed by atoms with van der Waals surface area (Å²) < 4.78 is 16.2. The molecular weight excluding hydrogens is 450 g/mol. The number of methoxy groups -OCH3 is 2. The van der Waals surface area contributed by atoms with Gasteiger partial charge in [-0.2, -0.15) is 0 Å². The molecule has 0 saturated carbocycles. The maximum atomic E-state index is 13.2. The number of carbonyl (C=O) groups is 2. The highest BCUT2D eigenvalue weighted by atomic mass is 16.5. The van der Waals surface area contributed by atoms with Crippen LogP contribution in [0.15, 0.2) is 53.5 Å². The van der Waals surface area contributed by atoms with E-state index in [-0.39, 0.29) is 17.4 Å². The van der Waals surface area contributed by atoms with E-state index in [1.165, 1.54) is 33.0 Å². The van der Waals surface area contributed by atoms with Crippen LogP contribution in [0.5, 0.6) is 11.6 Å². The van der Waals surface area contributed by atoms with Crippen LogP contribution in [0.3, 0.4) is 0 Å². The molecule has 3 aromatic heterocycles. The fourth-order valence-corrected chi connectivity index (χ4v) is 4.87. The van der Waals surface area contributed by atoms with E-state index in [1.807, 2.05) is 30.3 Å². The second kappa shape index (κ2) is 9.57. The zero-order valence-corrected chi connectivity index (χ0v) is 19.4. The molecule has 0 bridgehead atoms. The first-order chi connectivity index (χ1) is 17.1. The van der Waals surface area contributed by atoms with Crippen LogP contribution < -0.4 is 9.47 Å². The fourth-order valence-electron chi connectivity index (χ4n) is 4.87. The Kier molecular flexibility index (Phi) is 6.17. The summed E-state index contributed by atoms with van der Waals surface area (Å²) in [5, 5.41) is 8.50. The number of rotatable bonds is 7. The predicted molar refractivity (Wildman–Crippen MR) is 125 cm³/mol. The van der Waals surface area contributed by atoms with Gasteiger partial charge in [-0.05, 0) is 24.3 Å². The molecule has 1 saturated heterocycles. The van der Waals surface area contributed by atoms with Crippen molar-refractivity contribution in [3.63, 3.8) is 0 Å². The Morgan fingerprint density at radius 3 is 2.57 bits per heavy atom. The minimum atomic E-state index is -0.599. The number of hydrogen-bond acceptors (Lipinski definition) is 8. The van der Waals surface area contributed by atoms with Crippen LogP contribution in [-0.4, -0.2) is 64.1 Å². The first kappa shape index (κ1) is 22.6. The lowest BCUT2D eigenvalue weighted by Crippen LogP contribution is -2.43. The average molecular weight is 476 g/mol. The van der Waals surface area contributed by atoms with Crippen LogP contribution >= 0.6 is 0 Å². The quantitative estimate of drug-likeness (QED) is 0.319. The highest BCUT2D eigenvalue weighted by Crippen LogP contribution is 2.38. The second-order valence-corrected chi connectivity index (χ2v) is 8.41. The summed E-state index contributed by atoms with van der Waals surface area (Å²) >= 11 is 0. The summed E-state index contributed by atoms with van der Waals surface area (Å²) in [4.78, 5) is 35.2. The van der Waals surface area contributed by atoms with Gasteiger partial charge < -0.3 is 23.8 Å². The molecule has 35 heavy (non-hydrogen) atoms. The first-order valence-corrected chi connectivity index (χ1v) is 11.3. The third-order valence-corrected chi connectivity index (χ3v) is 6.59. The smallest absolute Gasteiger partial charge is 0.295 e. The van der Waals surface area contributed by atoms with E-state index >= 15 is 0 Å². The van der Waals surface area contributed by atoms with Gasteiger partial charge in [0, 0.05) is 19.3 Å². The van der Waals surface area contributed by atoms with Gasteiger partial charge in [0.1, 0.15) is 11.3 Å². The van der Waals surface area contributed by atoms with E-state index in [0.717, 1.165) is 5.56 Å². The number of nitrogens with one attached hydrogen (secondary N) is 1. The van der Waals surface area contributed by atoms with E-state index in [0.29, 0.717) is 54.4 Å². The molecule has 0 radical (unpaired) electrons. The molecule has 1 aliphatic rings. The maximum absolute atomic E-state index is 13.2. The van der Waals surface area contributed by atoms with Crippen LogP contribution in [0.1, 0.15) is 40.6 Å². The van der Waals surface area contributed by atoms with Crippen LogP contribution in [-0.2, 0) is 4.79 Å². The Bertz CT molecular complexity index is 1330. The molecule has 4 aromatic rings. The van der Waals surface area contributed by atoms with Crippen LogP contribution in [0.4, 0.5) is 0 Å². The van der Waals surface area contributed by atoms with Crippen molar-refractivity contribution >= 4 is 22.6 Å². The van der Waals surface area contributed by atoms with Crippen molar-refractivity contribution in [2.75, 3.05) is 27.3 Å². The van der Waals surface area contributed by atoms with Crippen molar-refractivity contribution in [2.45, 2.75) is 18.8 Å². The largest absolute Gasteiger partial charge is 0.494 e. The molecule has 1 atom stereocenters. The lowest BCUT2D eigenvalue weighted by molar-refractivity contribution is -0.127. The summed E-state index contributed by atoms with van der Waals surface area (Å²) in [6.07, 6.45) is 5.72. The number of carbonyl (C=O) groups excluding carboxylic acids is 2. The molecule has 180 valence electrons. The molecule has 0 spiro atoms. The van der Waals surface area contributed by atoms with Gasteiger partial charge in [0.2, 0.25) is 18.2 Å². The first-order valence-electron chi connectivity index (χ1n) is 11.3. The van der Waals surface area contributed by atoms with E-state index < -0.39 is 11.7 Å². The summed E-state index contributed by atoms with van der Waals surface area (Å²) in [6.45, 7) is 0.911. The number of aromatic amines is 1. The molecule has 1 fully saturated rings. The van der Waals surface area contributed by atoms with E-state index in [4.69, 9.17) is 13.9 Å². The predicted octanol–water partition coefficient (Wildman–Crippen LogP) is 3.22. The molecule has 1 aromatic carbocycles. The number of likely N-dealkylation sites (tertiary alicyclic amines) is 1. The number of nitrogens with zero attached hydrogens (tertiary/aromatic N) is 4. The number of benzene rings is 1. The minimum Gasteiger partial charge on any atom is -0.494 e. The van der Waals surface area contributed by atoms with Gasteiger partial charge >= 0.3 is 0 Å². The summed E-state index contributed by atoms with van der Waals surface area (Å²) in [7, 11) is 2.98. The third kappa shape index (κ3) is 4.11. The third-order valence-electron chi connectivity index (χ3n) is 6.59. The average Bonchev–Trinajstić information content (AvgIpc) is 3.59. The molecule has 1 aliphatic heterocycles. The summed E-state index contributed by atoms with van der Waals surface area (Å²) in [6, 6.07) is 10.0. The van der Waals surface area contributed by atoms with Gasteiger partial charge in [0.25, 0.3) is 11.7 Å². The van der Waals surface area contributed by atoms with Crippen molar-refractivity contribution in [1.82, 2.24) is 25.1 Å². The van der Waals surface area contributed by atoms with Gasteiger partial charge in [-0.1, -0.05) is 30.3 Å². The van der Waals surface area contributed by atoms with Gasteiger partial charge in [-0.15, -0.1) is 10.2 Å². The number of fused-ring (bicyclic) bond motifs is 1. The summed E-state index contributed by atoms with van der Waals surface area (Å²) in [5.41, 5.74) is 1.83. The zero-order valence-electron chi connectivity index (χ0n) is 19.4. The molecule has 10 heteroatoms. The highest BCUT2D eigenvalue weighted by Gasteiger charge is 2.35. The number of ether oxygens (including phenoxy) is 2. The van der Waals surface area contributed by atoms with Crippen molar-refractivity contribution in [1.29, 1.82) is 0 Å². The second-order valence-electron chi connectivity index (χ2n) is 8.41. The van der Waals surface area contributed by atoms with Gasteiger partial charge in [0.15, 0.2) is 0 Å². The van der Waals surface area contributed by atoms with Crippen LogP contribution in [0, 0.1) is 5.92 Å². The number of hydrogen-bond donors (Lipinski definition) is 1. The summed E-state index contributed by atoms with van der Waals surface area (Å²) in [5.74, 6) is 0.257. The molecule has 10 nitrogen and oxygen atoms in total. The van der Waals surface area contributed by atoms with Crippen molar-refractivity contribution in [3.05, 3.63) is 66.1 Å². The molecule has 1 N–H and O–H groups in total. The number of pyridine rings is 1. The fraction of sp³-hybridized carbons (Fsp3) is 0.320. The highest BCUT2D eigenvalue weighted by molar-refractivity contribution is 6.45. The molecule has 1 unspecified atom stereocenters. The standard InChI is InChI=1S/C25H25N5O5/c1-33-18-13-27-24(34-2)21-20(18)17(12-26-21)22(31)25(32)30-10-8-16(9-11-30)19(23-29-28-14-35-23)15-6-4-3-5-7-15/h3-7,12-14,16,19,26H,8-11H2,1-2H3. The zero-order chi connectivity index (χ0) is 24.4. The Morgan fingerprint density at radius 2 is 1.91 bits per heavy atom. The maximum Gasteiger partial charge on any atom is 0.295 e. The number of H-pyrrole nitrogens is 1. The van der Waals surface area contributed by atoms with E-state index in [1.54, 1.807) is 4.90 Å². The Hall–Kier alpha value is -4.21. The Morgan fingerprint density at radius 1 is 1.14 bits per heavy atom. The van der Waals surface area contributed by atoms with Crippen LogP contribution in [0.2, 0.25) is 0 Å². The molecule has 5 rings (SSSR count). The van der Waals surface area contributed by atoms with Gasteiger partial charge in [0.05, 0.1) is 37.3 Å². The Labute approximate surface area is 201 Å². The number of ketones is 1. The van der Waals surface area contributed by atoms with Crippen LogP contribution in [0.25, 0.3) is 10.9 Å². The normalized spacial score (nSPS) is 15.2. The van der Waals surface area contributed by atoms with Crippen molar-refractivity contribution < 1.29 is 23.5 Å². The van der Waals surface area contributed by atoms with Crippen molar-refractivity contribution in [3.8, 4) is 11.6 Å². The van der Waals surface area contributed by atoms with E-state index in [2.05, 4.69) is 20.2 Å². The Balaban J connectivity index is 1.34. The topological polar surface area (TPSA) is 123 Å².